The van der Waals surface area contributed by atoms with E-state index < -0.39 is 0 Å². The molecule has 6 nitrogen and oxygen atoms in total. The van der Waals surface area contributed by atoms with E-state index >= 15 is 0 Å². The number of hydrogen-bond donors (Lipinski definition) is 1. The number of benzene rings is 2. The van der Waals surface area contributed by atoms with Crippen molar-refractivity contribution in [3.63, 3.8) is 0 Å². The molecule has 2 rings (SSSR count). The molecule has 0 bridgehead atoms. The monoisotopic (exact) mass is 384 g/mol. The Morgan fingerprint density at radius 3 is 2.36 bits per heavy atom. The molecule has 0 unspecified atom stereocenters. The maximum absolute atomic E-state index is 12.9. The van der Waals surface area contributed by atoms with Gasteiger partial charge in [-0.1, -0.05) is 44.2 Å². The molecule has 0 aromatic heterocycles. The van der Waals surface area contributed by atoms with E-state index in [0.717, 1.165) is 11.3 Å². The molecule has 150 valence electrons. The molecule has 2 aromatic rings. The summed E-state index contributed by atoms with van der Waals surface area (Å²) in [7, 11) is 3.16. The average molecular weight is 384 g/mol. The van der Waals surface area contributed by atoms with Crippen LogP contribution in [0.5, 0.6) is 11.5 Å². The molecule has 0 heterocycles. The van der Waals surface area contributed by atoms with Crippen molar-refractivity contribution in [1.82, 2.24) is 10.2 Å². The van der Waals surface area contributed by atoms with Crippen LogP contribution in [-0.2, 0) is 9.53 Å². The van der Waals surface area contributed by atoms with E-state index in [9.17, 15) is 9.59 Å². The molecule has 2 amide bonds. The van der Waals surface area contributed by atoms with Gasteiger partial charge in [0.2, 0.25) is 5.91 Å². The van der Waals surface area contributed by atoms with Crippen molar-refractivity contribution in [1.29, 1.82) is 0 Å². The first-order valence-electron chi connectivity index (χ1n) is 9.31. The van der Waals surface area contributed by atoms with Crippen LogP contribution < -0.4 is 10.1 Å². The SMILES string of the molecule is COCCNC(=O)CN(C)C(=O)c1ccccc1Oc1ccccc1C(C)C. The van der Waals surface area contributed by atoms with Gasteiger partial charge in [0.1, 0.15) is 11.5 Å². The highest BCUT2D eigenvalue weighted by Crippen LogP contribution is 2.32. The maximum atomic E-state index is 12.9. The molecule has 0 saturated carbocycles. The van der Waals surface area contributed by atoms with Crippen LogP contribution in [0.2, 0.25) is 0 Å². The molecular weight excluding hydrogens is 356 g/mol. The zero-order valence-electron chi connectivity index (χ0n) is 16.9. The number of para-hydroxylation sites is 2. The zero-order valence-corrected chi connectivity index (χ0v) is 16.9. The molecule has 28 heavy (non-hydrogen) atoms. The number of hydrogen-bond acceptors (Lipinski definition) is 4. The van der Waals surface area contributed by atoms with Crippen LogP contribution in [0, 0.1) is 0 Å². The van der Waals surface area contributed by atoms with Crippen LogP contribution in [0.3, 0.4) is 0 Å². The minimum Gasteiger partial charge on any atom is -0.456 e. The van der Waals surface area contributed by atoms with E-state index in [2.05, 4.69) is 19.2 Å². The number of ether oxygens (including phenoxy) is 2. The predicted octanol–water partition coefficient (Wildman–Crippen LogP) is 3.44. The van der Waals surface area contributed by atoms with Gasteiger partial charge < -0.3 is 19.7 Å². The Morgan fingerprint density at radius 1 is 1.04 bits per heavy atom. The lowest BCUT2D eigenvalue weighted by Crippen LogP contribution is -2.39. The van der Waals surface area contributed by atoms with Crippen LogP contribution >= 0.6 is 0 Å². The van der Waals surface area contributed by atoms with Crippen LogP contribution in [-0.4, -0.2) is 50.6 Å². The van der Waals surface area contributed by atoms with Crippen molar-refractivity contribution in [2.75, 3.05) is 33.9 Å². The molecule has 0 spiro atoms. The summed E-state index contributed by atoms with van der Waals surface area (Å²) in [5, 5.41) is 2.71. The van der Waals surface area contributed by atoms with Gasteiger partial charge in [-0.3, -0.25) is 9.59 Å². The standard InChI is InChI=1S/C22H28N2O4/c1-16(2)17-9-5-7-11-19(17)28-20-12-8-6-10-18(20)22(26)24(3)15-21(25)23-13-14-27-4/h5-12,16H,13-15H2,1-4H3,(H,23,25). The van der Waals surface area contributed by atoms with Crippen LogP contribution in [0.4, 0.5) is 0 Å². The summed E-state index contributed by atoms with van der Waals surface area (Å²) >= 11 is 0. The Morgan fingerprint density at radius 2 is 1.68 bits per heavy atom. The van der Waals surface area contributed by atoms with Crippen LogP contribution in [0.25, 0.3) is 0 Å². The number of nitrogens with zero attached hydrogens (tertiary/aromatic N) is 1. The number of methoxy groups -OCH3 is 1. The second-order valence-electron chi connectivity index (χ2n) is 6.79. The fourth-order valence-electron chi connectivity index (χ4n) is 2.74. The summed E-state index contributed by atoms with van der Waals surface area (Å²) in [5.74, 6) is 0.957. The normalized spacial score (nSPS) is 10.6. The number of carbonyl (C=O) groups is 2. The zero-order chi connectivity index (χ0) is 20.5. The van der Waals surface area contributed by atoms with Gasteiger partial charge >= 0.3 is 0 Å². The van der Waals surface area contributed by atoms with Gasteiger partial charge in [0.15, 0.2) is 0 Å². The van der Waals surface area contributed by atoms with Gasteiger partial charge in [-0.2, -0.15) is 0 Å². The molecule has 0 aliphatic carbocycles. The van der Waals surface area contributed by atoms with E-state index in [4.69, 9.17) is 9.47 Å². The number of likely N-dealkylation sites (N-methyl/N-ethyl adjacent to an activating group) is 1. The summed E-state index contributed by atoms with van der Waals surface area (Å²) in [6.07, 6.45) is 0. The Balaban J connectivity index is 2.15. The van der Waals surface area contributed by atoms with E-state index in [1.165, 1.54) is 4.90 Å². The predicted molar refractivity (Wildman–Crippen MR) is 109 cm³/mol. The highest BCUT2D eigenvalue weighted by Gasteiger charge is 2.20. The van der Waals surface area contributed by atoms with Crippen molar-refractivity contribution in [3.8, 4) is 11.5 Å². The minimum atomic E-state index is -0.278. The maximum Gasteiger partial charge on any atom is 0.257 e. The first-order chi connectivity index (χ1) is 13.4. The molecule has 6 heteroatoms. The number of carbonyl (C=O) groups excluding carboxylic acids is 2. The molecular formula is C22H28N2O4. The first kappa shape index (κ1) is 21.4. The molecule has 0 aliphatic heterocycles. The third-order valence-corrected chi connectivity index (χ3v) is 4.23. The van der Waals surface area contributed by atoms with E-state index in [-0.39, 0.29) is 24.3 Å². The highest BCUT2D eigenvalue weighted by molar-refractivity contribution is 5.98. The van der Waals surface area contributed by atoms with Gasteiger partial charge in [-0.25, -0.2) is 0 Å². The van der Waals surface area contributed by atoms with Gasteiger partial charge in [-0.05, 0) is 29.7 Å². The third kappa shape index (κ3) is 5.82. The number of nitrogens with one attached hydrogen (secondary N) is 1. The second-order valence-corrected chi connectivity index (χ2v) is 6.79. The molecule has 2 aromatic carbocycles. The summed E-state index contributed by atoms with van der Waals surface area (Å²) in [5.41, 5.74) is 1.48. The smallest absolute Gasteiger partial charge is 0.257 e. The van der Waals surface area contributed by atoms with Gasteiger partial charge in [0, 0.05) is 20.7 Å². The summed E-state index contributed by atoms with van der Waals surface area (Å²) in [4.78, 5) is 26.2. The first-order valence-corrected chi connectivity index (χ1v) is 9.31. The Labute approximate surface area is 166 Å². The van der Waals surface area contributed by atoms with E-state index in [1.807, 2.05) is 30.3 Å². The average Bonchev–Trinajstić information content (AvgIpc) is 2.68. The third-order valence-electron chi connectivity index (χ3n) is 4.23. The topological polar surface area (TPSA) is 67.9 Å². The molecule has 0 radical (unpaired) electrons. The van der Waals surface area contributed by atoms with Crippen molar-refractivity contribution < 1.29 is 19.1 Å². The molecule has 0 atom stereocenters. The van der Waals surface area contributed by atoms with Crippen molar-refractivity contribution >= 4 is 11.8 Å². The largest absolute Gasteiger partial charge is 0.456 e. The fourth-order valence-corrected chi connectivity index (χ4v) is 2.74. The van der Waals surface area contributed by atoms with Crippen molar-refractivity contribution in [3.05, 3.63) is 59.7 Å². The van der Waals surface area contributed by atoms with Crippen molar-refractivity contribution in [2.24, 2.45) is 0 Å². The molecule has 0 aliphatic rings. The fraction of sp³-hybridized carbons (Fsp3) is 0.364. The molecule has 1 N–H and O–H groups in total. The van der Waals surface area contributed by atoms with Crippen LogP contribution in [0.15, 0.2) is 48.5 Å². The van der Waals surface area contributed by atoms with Crippen molar-refractivity contribution in [2.45, 2.75) is 19.8 Å². The summed E-state index contributed by atoms with van der Waals surface area (Å²) < 4.78 is 11.0. The van der Waals surface area contributed by atoms with E-state index in [1.54, 1.807) is 32.4 Å². The van der Waals surface area contributed by atoms with E-state index in [0.29, 0.717) is 24.5 Å². The van der Waals surface area contributed by atoms with Gasteiger partial charge in [0.25, 0.3) is 5.91 Å². The highest BCUT2D eigenvalue weighted by atomic mass is 16.5. The Hall–Kier alpha value is -2.86. The second kappa shape index (κ2) is 10.5. The molecule has 0 saturated heterocycles. The lowest BCUT2D eigenvalue weighted by molar-refractivity contribution is -0.121. The lowest BCUT2D eigenvalue weighted by Gasteiger charge is -2.20. The van der Waals surface area contributed by atoms with Crippen LogP contribution in [0.1, 0.15) is 35.7 Å². The van der Waals surface area contributed by atoms with Gasteiger partial charge in [-0.15, -0.1) is 0 Å². The Kier molecular flexibility index (Phi) is 8.02. The van der Waals surface area contributed by atoms with Gasteiger partial charge in [0.05, 0.1) is 18.7 Å². The minimum absolute atomic E-state index is 0.0422. The quantitative estimate of drug-likeness (QED) is 0.673. The number of rotatable bonds is 9. The lowest BCUT2D eigenvalue weighted by atomic mass is 10.0. The summed E-state index contributed by atoms with van der Waals surface area (Å²) in [6, 6.07) is 14.8. The number of amides is 2. The molecule has 0 fully saturated rings. The Bertz CT molecular complexity index is 805. The summed E-state index contributed by atoms with van der Waals surface area (Å²) in [6.45, 7) is 4.97.